The van der Waals surface area contributed by atoms with Gasteiger partial charge in [0, 0.05) is 11.6 Å². The Morgan fingerprint density at radius 1 is 1.28 bits per heavy atom. The fourth-order valence-electron chi connectivity index (χ4n) is 5.85. The maximum Gasteiger partial charge on any atom is 0.124 e. The van der Waals surface area contributed by atoms with Crippen molar-refractivity contribution in [3.8, 4) is 0 Å². The van der Waals surface area contributed by atoms with Crippen molar-refractivity contribution in [1.29, 1.82) is 0 Å². The van der Waals surface area contributed by atoms with Gasteiger partial charge in [0.1, 0.15) is 13.1 Å². The molecule has 2 saturated carbocycles. The van der Waals surface area contributed by atoms with Gasteiger partial charge >= 0.3 is 0 Å². The zero-order valence-electron chi connectivity index (χ0n) is 15.5. The van der Waals surface area contributed by atoms with E-state index >= 15 is 0 Å². The molecule has 136 valence electrons. The number of carbonyl (C=O) groups excluding carboxylic acids is 2. The van der Waals surface area contributed by atoms with E-state index in [4.69, 9.17) is 4.79 Å². The van der Waals surface area contributed by atoms with Crippen molar-refractivity contribution in [3.63, 3.8) is 0 Å². The van der Waals surface area contributed by atoms with Crippen LogP contribution in [0.15, 0.2) is 18.3 Å². The lowest BCUT2D eigenvalue weighted by atomic mass is 9.53. The van der Waals surface area contributed by atoms with Gasteiger partial charge in [0.25, 0.3) is 0 Å². The Labute approximate surface area is 150 Å². The molecule has 0 amide bonds. The summed E-state index contributed by atoms with van der Waals surface area (Å²) >= 11 is 0. The fraction of sp³-hybridized carbons (Fsp3) is 0.667. The van der Waals surface area contributed by atoms with Gasteiger partial charge in [-0.2, -0.15) is 5.10 Å². The Balaban J connectivity index is 0.000000880. The minimum absolute atomic E-state index is 0.0872. The SMILES string of the molecule is C=C1CCC2CC(C3(C)Cc4cn[nH]c4CC3C=O)CCC12C.C=O. The maximum absolute atomic E-state index is 11.8. The summed E-state index contributed by atoms with van der Waals surface area (Å²) in [6.45, 7) is 11.1. The fourth-order valence-corrected chi connectivity index (χ4v) is 5.85. The molecule has 0 spiro atoms. The number of H-pyrrole nitrogens is 1. The summed E-state index contributed by atoms with van der Waals surface area (Å²) < 4.78 is 0. The van der Waals surface area contributed by atoms with Crippen LogP contribution in [0, 0.1) is 28.6 Å². The quantitative estimate of drug-likeness (QED) is 0.654. The number of nitrogens with zero attached hydrogens (tertiary/aromatic N) is 1. The van der Waals surface area contributed by atoms with Crippen molar-refractivity contribution < 1.29 is 9.59 Å². The largest absolute Gasteiger partial charge is 0.307 e. The molecular formula is C21H30N2O2. The van der Waals surface area contributed by atoms with E-state index in [-0.39, 0.29) is 11.3 Å². The molecule has 5 atom stereocenters. The van der Waals surface area contributed by atoms with Crippen LogP contribution in [-0.4, -0.2) is 23.3 Å². The first-order valence-corrected chi connectivity index (χ1v) is 9.41. The number of aldehydes is 1. The summed E-state index contributed by atoms with van der Waals surface area (Å²) in [5.41, 5.74) is 4.42. The number of aromatic amines is 1. The second-order valence-corrected chi connectivity index (χ2v) is 8.73. The van der Waals surface area contributed by atoms with Crippen LogP contribution < -0.4 is 0 Å². The molecule has 0 aliphatic heterocycles. The molecule has 1 aromatic heterocycles. The van der Waals surface area contributed by atoms with E-state index in [1.54, 1.807) is 0 Å². The van der Waals surface area contributed by atoms with Crippen molar-refractivity contribution in [3.05, 3.63) is 29.6 Å². The molecule has 0 saturated heterocycles. The highest BCUT2D eigenvalue weighted by Gasteiger charge is 2.52. The molecule has 0 aromatic carbocycles. The number of rotatable bonds is 2. The van der Waals surface area contributed by atoms with Crippen molar-refractivity contribution >= 4 is 13.1 Å². The number of hydrogen-bond acceptors (Lipinski definition) is 3. The Bertz CT molecular complexity index is 667. The van der Waals surface area contributed by atoms with Gasteiger partial charge in [-0.25, -0.2) is 0 Å². The molecule has 25 heavy (non-hydrogen) atoms. The molecule has 1 aromatic rings. The zero-order chi connectivity index (χ0) is 18.2. The standard InChI is InChI=1S/C20H28N2O.CH2O/c1-13-4-5-15-8-16(6-7-19(13,15)2)20(3)10-14-11-21-22-18(14)9-17(20)12-23;1-2/h11-12,15-17H,1,4-10H2,2-3H3,(H,21,22);1H2. The second kappa shape index (κ2) is 6.54. The summed E-state index contributed by atoms with van der Waals surface area (Å²) in [5.74, 6) is 1.53. The summed E-state index contributed by atoms with van der Waals surface area (Å²) in [4.78, 5) is 19.8. The van der Waals surface area contributed by atoms with Gasteiger partial charge in [-0.3, -0.25) is 5.10 Å². The third-order valence-corrected chi connectivity index (χ3v) is 7.83. The Morgan fingerprint density at radius 3 is 2.76 bits per heavy atom. The van der Waals surface area contributed by atoms with Gasteiger partial charge in [-0.1, -0.05) is 26.0 Å². The second-order valence-electron chi connectivity index (χ2n) is 8.73. The van der Waals surface area contributed by atoms with Crippen molar-refractivity contribution in [2.75, 3.05) is 0 Å². The van der Waals surface area contributed by atoms with E-state index in [9.17, 15) is 4.79 Å². The highest BCUT2D eigenvalue weighted by molar-refractivity contribution is 5.57. The van der Waals surface area contributed by atoms with Crippen LogP contribution >= 0.6 is 0 Å². The number of carbonyl (C=O) groups is 2. The van der Waals surface area contributed by atoms with E-state index in [1.165, 1.54) is 55.2 Å². The van der Waals surface area contributed by atoms with Crippen LogP contribution in [0.25, 0.3) is 0 Å². The third-order valence-electron chi connectivity index (χ3n) is 7.83. The van der Waals surface area contributed by atoms with Crippen molar-refractivity contribution in [2.45, 2.75) is 58.8 Å². The molecule has 4 rings (SSSR count). The monoisotopic (exact) mass is 342 g/mol. The van der Waals surface area contributed by atoms with E-state index in [1.807, 2.05) is 13.0 Å². The number of hydrogen-bond donors (Lipinski definition) is 1. The third kappa shape index (κ3) is 2.70. The minimum Gasteiger partial charge on any atom is -0.307 e. The molecular weight excluding hydrogens is 312 g/mol. The predicted octanol–water partition coefficient (Wildman–Crippen LogP) is 3.92. The van der Waals surface area contributed by atoms with E-state index in [0.29, 0.717) is 11.3 Å². The highest BCUT2D eigenvalue weighted by atomic mass is 16.1. The number of fused-ring (bicyclic) bond motifs is 2. The first-order valence-electron chi connectivity index (χ1n) is 9.41. The summed E-state index contributed by atoms with van der Waals surface area (Å²) in [7, 11) is 0. The van der Waals surface area contributed by atoms with Crippen LogP contribution in [0.4, 0.5) is 0 Å². The molecule has 4 heteroatoms. The molecule has 4 nitrogen and oxygen atoms in total. The van der Waals surface area contributed by atoms with Gasteiger partial charge in [0.2, 0.25) is 0 Å². The van der Waals surface area contributed by atoms with Crippen LogP contribution in [0.5, 0.6) is 0 Å². The molecule has 1 N–H and O–H groups in total. The first kappa shape index (κ1) is 18.1. The summed E-state index contributed by atoms with van der Waals surface area (Å²) in [6, 6.07) is 0. The highest BCUT2D eigenvalue weighted by Crippen LogP contribution is 2.60. The first-order chi connectivity index (χ1) is 12.0. The topological polar surface area (TPSA) is 62.8 Å². The van der Waals surface area contributed by atoms with Crippen LogP contribution in [0.2, 0.25) is 0 Å². The van der Waals surface area contributed by atoms with Crippen molar-refractivity contribution in [1.82, 2.24) is 10.2 Å². The Hall–Kier alpha value is -1.71. The number of nitrogens with one attached hydrogen (secondary N) is 1. The molecule has 0 bridgehead atoms. The normalized spacial score (nSPS) is 39.8. The molecule has 5 unspecified atom stereocenters. The average Bonchev–Trinajstić information content (AvgIpc) is 3.19. The lowest BCUT2D eigenvalue weighted by Crippen LogP contribution is -2.46. The predicted molar refractivity (Wildman–Crippen MR) is 98.1 cm³/mol. The van der Waals surface area contributed by atoms with E-state index < -0.39 is 0 Å². The van der Waals surface area contributed by atoms with Crippen LogP contribution in [0.3, 0.4) is 0 Å². The molecule has 3 aliphatic rings. The van der Waals surface area contributed by atoms with Gasteiger partial charge in [0.15, 0.2) is 0 Å². The lowest BCUT2D eigenvalue weighted by molar-refractivity contribution is -0.118. The average molecular weight is 342 g/mol. The molecule has 0 radical (unpaired) electrons. The van der Waals surface area contributed by atoms with Gasteiger partial charge in [0.05, 0.1) is 6.20 Å². The zero-order valence-corrected chi connectivity index (χ0v) is 15.5. The minimum atomic E-state index is 0.0872. The van der Waals surface area contributed by atoms with Gasteiger partial charge in [-0.05, 0) is 73.2 Å². The van der Waals surface area contributed by atoms with Crippen LogP contribution in [-0.2, 0) is 22.4 Å². The Kier molecular flexibility index (Phi) is 4.74. The van der Waals surface area contributed by atoms with Gasteiger partial charge < -0.3 is 9.59 Å². The van der Waals surface area contributed by atoms with Gasteiger partial charge in [-0.15, -0.1) is 0 Å². The smallest absolute Gasteiger partial charge is 0.124 e. The Morgan fingerprint density at radius 2 is 2.04 bits per heavy atom. The lowest BCUT2D eigenvalue weighted by Gasteiger charge is -2.51. The number of aromatic nitrogens is 2. The summed E-state index contributed by atoms with van der Waals surface area (Å²) in [6.07, 6.45) is 11.3. The molecule has 1 heterocycles. The molecule has 3 aliphatic carbocycles. The molecule has 2 fully saturated rings. The van der Waals surface area contributed by atoms with Crippen molar-refractivity contribution in [2.24, 2.45) is 28.6 Å². The number of allylic oxidation sites excluding steroid dienone is 1. The van der Waals surface area contributed by atoms with Crippen LogP contribution in [0.1, 0.15) is 57.2 Å². The van der Waals surface area contributed by atoms with E-state index in [0.717, 1.165) is 18.8 Å². The summed E-state index contributed by atoms with van der Waals surface area (Å²) in [5, 5.41) is 7.30. The van der Waals surface area contributed by atoms with E-state index in [2.05, 4.69) is 30.6 Å². The maximum atomic E-state index is 11.8.